The lowest BCUT2D eigenvalue weighted by molar-refractivity contribution is 1.04. The first-order valence-electron chi connectivity index (χ1n) is 8.25. The van der Waals surface area contributed by atoms with E-state index < -0.39 is 0 Å². The van der Waals surface area contributed by atoms with E-state index in [1.165, 1.54) is 0 Å². The summed E-state index contributed by atoms with van der Waals surface area (Å²) in [4.78, 5) is 4.36. The van der Waals surface area contributed by atoms with Crippen molar-refractivity contribution < 1.29 is 0 Å². The van der Waals surface area contributed by atoms with Crippen molar-refractivity contribution in [1.82, 2.24) is 10.4 Å². The summed E-state index contributed by atoms with van der Waals surface area (Å²) in [7, 11) is 0. The van der Waals surface area contributed by atoms with Crippen LogP contribution in [0.15, 0.2) is 90.2 Å². The predicted octanol–water partition coefficient (Wildman–Crippen LogP) is 5.14. The van der Waals surface area contributed by atoms with Gasteiger partial charge in [-0.25, -0.2) is 0 Å². The largest absolute Gasteiger partial charge is 0.331 e. The number of hydrogen-bond acceptors (Lipinski definition) is 3. The number of hydrogen-bond donors (Lipinski definition) is 2. The molecule has 134 valence electrons. The molecule has 1 heterocycles. The van der Waals surface area contributed by atoms with Crippen molar-refractivity contribution >= 4 is 46.4 Å². The molecule has 0 bridgehead atoms. The van der Waals surface area contributed by atoms with Crippen molar-refractivity contribution in [3.05, 3.63) is 101 Å². The molecule has 0 saturated carbocycles. The molecular weight excluding hydrogens is 376 g/mol. The van der Waals surface area contributed by atoms with Gasteiger partial charge in [0.25, 0.3) is 0 Å². The molecule has 0 atom stereocenters. The second kappa shape index (κ2) is 9.62. The van der Waals surface area contributed by atoms with Gasteiger partial charge in [-0.3, -0.25) is 10.4 Å². The molecule has 0 aliphatic carbocycles. The lowest BCUT2D eigenvalue weighted by Gasteiger charge is -2.08. The monoisotopic (exact) mass is 392 g/mol. The van der Waals surface area contributed by atoms with Crippen molar-refractivity contribution in [2.45, 2.75) is 0 Å². The zero-order chi connectivity index (χ0) is 18.9. The summed E-state index contributed by atoms with van der Waals surface area (Å²) >= 11 is 11.2. The maximum atomic E-state index is 5.89. The molecule has 0 unspecified atom stereocenters. The molecule has 0 amide bonds. The number of pyridine rings is 1. The number of anilines is 1. The van der Waals surface area contributed by atoms with E-state index in [0.717, 1.165) is 16.9 Å². The molecule has 0 saturated heterocycles. The van der Waals surface area contributed by atoms with E-state index in [2.05, 4.69) is 20.8 Å². The van der Waals surface area contributed by atoms with Gasteiger partial charge in [0.2, 0.25) is 0 Å². The minimum Gasteiger partial charge on any atom is -0.331 e. The summed E-state index contributed by atoms with van der Waals surface area (Å²) < 4.78 is 0. The molecule has 0 spiro atoms. The smallest absolute Gasteiger partial charge is 0.191 e. The first-order chi connectivity index (χ1) is 13.2. The van der Waals surface area contributed by atoms with Crippen LogP contribution in [0.2, 0.25) is 5.02 Å². The van der Waals surface area contributed by atoms with Crippen molar-refractivity contribution in [2.75, 3.05) is 5.32 Å². The van der Waals surface area contributed by atoms with E-state index in [1.54, 1.807) is 18.3 Å². The molecule has 4 nitrogen and oxygen atoms in total. The normalized spacial score (nSPS) is 11.4. The number of rotatable bonds is 5. The Labute approximate surface area is 168 Å². The number of nitrogens with one attached hydrogen (secondary N) is 2. The number of allylic oxidation sites excluding steroid dienone is 1. The first kappa shape index (κ1) is 18.8. The van der Waals surface area contributed by atoms with E-state index >= 15 is 0 Å². The molecule has 0 fully saturated rings. The topological polar surface area (TPSA) is 49.3 Å². The maximum Gasteiger partial charge on any atom is 0.191 e. The average Bonchev–Trinajstić information content (AvgIpc) is 2.71. The van der Waals surface area contributed by atoms with Gasteiger partial charge in [0.05, 0.1) is 5.69 Å². The van der Waals surface area contributed by atoms with Gasteiger partial charge in [-0.15, -0.1) is 0 Å². The molecular formula is C21H17ClN4S. The van der Waals surface area contributed by atoms with Crippen LogP contribution in [-0.4, -0.2) is 15.8 Å². The summed E-state index contributed by atoms with van der Waals surface area (Å²) in [6.45, 7) is 0. The Morgan fingerprint density at radius 3 is 2.41 bits per heavy atom. The van der Waals surface area contributed by atoms with E-state index in [1.807, 2.05) is 72.8 Å². The highest BCUT2D eigenvalue weighted by Crippen LogP contribution is 2.13. The third-order valence-electron chi connectivity index (χ3n) is 3.54. The lowest BCUT2D eigenvalue weighted by atomic mass is 10.1. The standard InChI is InChI=1S/C21H17ClN4S/c22-17-10-12-18(13-11-17)24-21(27)26-25-20(19-8-4-5-15-23-19)14-9-16-6-2-1-3-7-16/h1-15H,(H2,24,26,27)/b14-9+,25-20+. The Morgan fingerprint density at radius 1 is 0.963 bits per heavy atom. The van der Waals surface area contributed by atoms with Crippen LogP contribution < -0.4 is 10.7 Å². The van der Waals surface area contributed by atoms with Gasteiger partial charge < -0.3 is 5.32 Å². The van der Waals surface area contributed by atoms with E-state index in [4.69, 9.17) is 23.8 Å². The van der Waals surface area contributed by atoms with Gasteiger partial charge in [-0.1, -0.05) is 54.1 Å². The number of thiocarbonyl (C=S) groups is 1. The maximum absolute atomic E-state index is 5.89. The van der Waals surface area contributed by atoms with Gasteiger partial charge in [-0.2, -0.15) is 5.10 Å². The molecule has 1 aromatic heterocycles. The number of hydrazone groups is 1. The number of aromatic nitrogens is 1. The first-order valence-corrected chi connectivity index (χ1v) is 9.04. The van der Waals surface area contributed by atoms with Crippen LogP contribution in [0.1, 0.15) is 11.3 Å². The van der Waals surface area contributed by atoms with Crippen LogP contribution in [-0.2, 0) is 0 Å². The molecule has 27 heavy (non-hydrogen) atoms. The number of halogens is 1. The molecule has 3 rings (SSSR count). The molecule has 2 aromatic carbocycles. The van der Waals surface area contributed by atoms with Gasteiger partial charge in [0.1, 0.15) is 5.71 Å². The molecule has 0 aliphatic rings. The van der Waals surface area contributed by atoms with Gasteiger partial charge in [-0.05, 0) is 60.3 Å². The third kappa shape index (κ3) is 6.02. The molecule has 0 aliphatic heterocycles. The SMILES string of the molecule is S=C(N/N=C(\C=C\c1ccccc1)c1ccccn1)Nc1ccc(Cl)cc1. The molecule has 2 N–H and O–H groups in total. The summed E-state index contributed by atoms with van der Waals surface area (Å²) in [5.41, 5.74) is 6.17. The third-order valence-corrected chi connectivity index (χ3v) is 3.99. The Hall–Kier alpha value is -3.02. The Kier molecular flexibility index (Phi) is 6.68. The van der Waals surface area contributed by atoms with Crippen LogP contribution in [0.5, 0.6) is 0 Å². The predicted molar refractivity (Wildman–Crippen MR) is 117 cm³/mol. The Balaban J connectivity index is 1.74. The Bertz CT molecular complexity index is 939. The van der Waals surface area contributed by atoms with Crippen molar-refractivity contribution in [1.29, 1.82) is 0 Å². The zero-order valence-corrected chi connectivity index (χ0v) is 15.9. The number of benzene rings is 2. The zero-order valence-electron chi connectivity index (χ0n) is 14.3. The highest BCUT2D eigenvalue weighted by molar-refractivity contribution is 7.80. The van der Waals surface area contributed by atoms with Gasteiger partial charge >= 0.3 is 0 Å². The fourth-order valence-corrected chi connectivity index (χ4v) is 2.53. The van der Waals surface area contributed by atoms with Crippen molar-refractivity contribution in [2.24, 2.45) is 5.10 Å². The molecule has 0 radical (unpaired) electrons. The van der Waals surface area contributed by atoms with E-state index in [0.29, 0.717) is 15.8 Å². The van der Waals surface area contributed by atoms with Crippen molar-refractivity contribution in [3.8, 4) is 0 Å². The fourth-order valence-electron chi connectivity index (χ4n) is 2.24. The van der Waals surface area contributed by atoms with Gasteiger partial charge in [0, 0.05) is 16.9 Å². The lowest BCUT2D eigenvalue weighted by Crippen LogP contribution is -2.25. The van der Waals surface area contributed by atoms with Crippen LogP contribution >= 0.6 is 23.8 Å². The fraction of sp³-hybridized carbons (Fsp3) is 0. The van der Waals surface area contributed by atoms with Crippen LogP contribution in [0.4, 0.5) is 5.69 Å². The average molecular weight is 393 g/mol. The summed E-state index contributed by atoms with van der Waals surface area (Å²) in [5, 5.41) is 8.51. The highest BCUT2D eigenvalue weighted by Gasteiger charge is 2.02. The van der Waals surface area contributed by atoms with Crippen LogP contribution in [0.3, 0.4) is 0 Å². The number of nitrogens with zero attached hydrogens (tertiary/aromatic N) is 2. The van der Waals surface area contributed by atoms with Gasteiger partial charge in [0.15, 0.2) is 5.11 Å². The van der Waals surface area contributed by atoms with Crippen LogP contribution in [0.25, 0.3) is 6.08 Å². The highest BCUT2D eigenvalue weighted by atomic mass is 35.5. The van der Waals surface area contributed by atoms with E-state index in [9.17, 15) is 0 Å². The minimum absolute atomic E-state index is 0.374. The van der Waals surface area contributed by atoms with E-state index in [-0.39, 0.29) is 0 Å². The summed E-state index contributed by atoms with van der Waals surface area (Å²) in [6, 6.07) is 22.9. The second-order valence-electron chi connectivity index (χ2n) is 5.53. The summed E-state index contributed by atoms with van der Waals surface area (Å²) in [5.74, 6) is 0. The molecule has 3 aromatic rings. The minimum atomic E-state index is 0.374. The summed E-state index contributed by atoms with van der Waals surface area (Å²) in [6.07, 6.45) is 5.60. The van der Waals surface area contributed by atoms with Crippen LogP contribution in [0, 0.1) is 0 Å². The quantitative estimate of drug-likeness (QED) is 0.358. The molecule has 6 heteroatoms. The second-order valence-corrected chi connectivity index (χ2v) is 6.37. The Morgan fingerprint density at radius 2 is 1.70 bits per heavy atom. The van der Waals surface area contributed by atoms with Crippen molar-refractivity contribution in [3.63, 3.8) is 0 Å².